The number of anilines is 1. The van der Waals surface area contributed by atoms with E-state index in [0.29, 0.717) is 0 Å². The number of benzene rings is 1. The molecule has 0 aliphatic heterocycles. The average molecular weight is 257 g/mol. The summed E-state index contributed by atoms with van der Waals surface area (Å²) in [7, 11) is 2.09. The maximum absolute atomic E-state index is 9.32. The minimum Gasteiger partial charge on any atom is -0.373 e. The van der Waals surface area contributed by atoms with Crippen LogP contribution < -0.4 is 10.2 Å². The molecule has 2 rings (SSSR count). The second-order valence-electron chi connectivity index (χ2n) is 5.46. The smallest absolute Gasteiger partial charge is 0.101 e. The molecule has 1 N–H and O–H groups in total. The fraction of sp³-hybridized carbons (Fsp3) is 0.562. The molecular formula is C16H23N3. The third-order valence-electron chi connectivity index (χ3n) is 3.58. The van der Waals surface area contributed by atoms with Crippen molar-refractivity contribution in [3.8, 4) is 6.07 Å². The highest BCUT2D eigenvalue weighted by Crippen LogP contribution is 2.31. The van der Waals surface area contributed by atoms with Gasteiger partial charge in [-0.3, -0.25) is 0 Å². The molecule has 0 heterocycles. The van der Waals surface area contributed by atoms with Gasteiger partial charge in [-0.15, -0.1) is 0 Å². The Bertz CT molecular complexity index is 458. The van der Waals surface area contributed by atoms with Gasteiger partial charge in [0.05, 0.1) is 11.3 Å². The van der Waals surface area contributed by atoms with Crippen molar-refractivity contribution < 1.29 is 0 Å². The Balaban J connectivity index is 2.04. The summed E-state index contributed by atoms with van der Waals surface area (Å²) in [5.74, 6) is 0.836. The Morgan fingerprint density at radius 2 is 2.21 bits per heavy atom. The van der Waals surface area contributed by atoms with Crippen molar-refractivity contribution in [3.63, 3.8) is 0 Å². The number of nitrogens with zero attached hydrogens (tertiary/aromatic N) is 2. The third-order valence-corrected chi connectivity index (χ3v) is 3.58. The highest BCUT2D eigenvalue weighted by Gasteiger charge is 2.23. The van der Waals surface area contributed by atoms with Gasteiger partial charge in [0.15, 0.2) is 0 Å². The molecule has 0 aromatic heterocycles. The molecule has 0 saturated heterocycles. The Morgan fingerprint density at radius 1 is 1.42 bits per heavy atom. The first-order valence-electron chi connectivity index (χ1n) is 7.19. The van der Waals surface area contributed by atoms with Gasteiger partial charge >= 0.3 is 0 Å². The zero-order chi connectivity index (χ0) is 13.7. The largest absolute Gasteiger partial charge is 0.373 e. The van der Waals surface area contributed by atoms with Crippen molar-refractivity contribution in [2.45, 2.75) is 32.7 Å². The minimum atomic E-state index is 0.791. The molecule has 19 heavy (non-hydrogen) atoms. The molecule has 1 saturated carbocycles. The molecule has 1 aromatic carbocycles. The van der Waals surface area contributed by atoms with Gasteiger partial charge in [-0.25, -0.2) is 0 Å². The van der Waals surface area contributed by atoms with Crippen molar-refractivity contribution in [1.82, 2.24) is 5.32 Å². The lowest BCUT2D eigenvalue weighted by atomic mass is 10.1. The molecular weight excluding hydrogens is 234 g/mol. The van der Waals surface area contributed by atoms with E-state index in [1.807, 2.05) is 6.07 Å². The molecule has 0 unspecified atom stereocenters. The van der Waals surface area contributed by atoms with Gasteiger partial charge in [-0.05, 0) is 49.4 Å². The van der Waals surface area contributed by atoms with E-state index in [1.54, 1.807) is 0 Å². The van der Waals surface area contributed by atoms with Crippen molar-refractivity contribution in [1.29, 1.82) is 5.26 Å². The second kappa shape index (κ2) is 6.58. The molecule has 0 spiro atoms. The van der Waals surface area contributed by atoms with Crippen LogP contribution >= 0.6 is 0 Å². The monoisotopic (exact) mass is 257 g/mol. The fourth-order valence-corrected chi connectivity index (χ4v) is 2.31. The second-order valence-corrected chi connectivity index (χ2v) is 5.46. The predicted molar refractivity (Wildman–Crippen MR) is 79.1 cm³/mol. The van der Waals surface area contributed by atoms with E-state index in [9.17, 15) is 5.26 Å². The summed E-state index contributed by atoms with van der Waals surface area (Å²) in [6, 6.07) is 8.56. The molecule has 3 nitrogen and oxygen atoms in total. The molecule has 0 bridgehead atoms. The van der Waals surface area contributed by atoms with E-state index < -0.39 is 0 Å². The molecule has 1 aliphatic rings. The van der Waals surface area contributed by atoms with E-state index in [1.165, 1.54) is 18.4 Å². The van der Waals surface area contributed by atoms with E-state index in [-0.39, 0.29) is 0 Å². The lowest BCUT2D eigenvalue weighted by molar-refractivity contribution is 0.675. The zero-order valence-corrected chi connectivity index (χ0v) is 11.9. The highest BCUT2D eigenvalue weighted by atomic mass is 15.1. The molecule has 0 radical (unpaired) electrons. The van der Waals surface area contributed by atoms with Crippen LogP contribution in [0.5, 0.6) is 0 Å². The van der Waals surface area contributed by atoms with Crippen LogP contribution in [-0.4, -0.2) is 20.1 Å². The molecule has 0 atom stereocenters. The van der Waals surface area contributed by atoms with Gasteiger partial charge in [0.25, 0.3) is 0 Å². The molecule has 102 valence electrons. The lowest BCUT2D eigenvalue weighted by Gasteiger charge is -2.20. The summed E-state index contributed by atoms with van der Waals surface area (Å²) < 4.78 is 0. The van der Waals surface area contributed by atoms with Crippen molar-refractivity contribution in [3.05, 3.63) is 29.3 Å². The number of rotatable bonds is 7. The molecule has 1 fully saturated rings. The van der Waals surface area contributed by atoms with Crippen LogP contribution in [0.4, 0.5) is 5.69 Å². The summed E-state index contributed by atoms with van der Waals surface area (Å²) in [5.41, 5.74) is 3.04. The van der Waals surface area contributed by atoms with E-state index >= 15 is 0 Å². The Hall–Kier alpha value is -1.53. The van der Waals surface area contributed by atoms with Gasteiger partial charge in [-0.2, -0.15) is 5.26 Å². The summed E-state index contributed by atoms with van der Waals surface area (Å²) >= 11 is 0. The van der Waals surface area contributed by atoms with Gasteiger partial charge in [0, 0.05) is 20.1 Å². The SMILES string of the molecule is CCCNCc1ccc(N(C)CC2CC2)c(C#N)c1. The third kappa shape index (κ3) is 3.97. The van der Waals surface area contributed by atoms with Crippen LogP contribution in [0.1, 0.15) is 37.3 Å². The van der Waals surface area contributed by atoms with Crippen LogP contribution in [0.25, 0.3) is 0 Å². The van der Waals surface area contributed by atoms with Gasteiger partial charge in [-0.1, -0.05) is 13.0 Å². The maximum atomic E-state index is 9.32. The number of nitriles is 1. The summed E-state index contributed by atoms with van der Waals surface area (Å²) in [5, 5.41) is 12.7. The maximum Gasteiger partial charge on any atom is 0.101 e. The number of hydrogen-bond donors (Lipinski definition) is 1. The first kappa shape index (κ1) is 13.9. The van der Waals surface area contributed by atoms with E-state index in [4.69, 9.17) is 0 Å². The highest BCUT2D eigenvalue weighted by molar-refractivity contribution is 5.60. The van der Waals surface area contributed by atoms with Crippen molar-refractivity contribution in [2.75, 3.05) is 25.0 Å². The summed E-state index contributed by atoms with van der Waals surface area (Å²) in [6.45, 7) is 5.09. The van der Waals surface area contributed by atoms with Crippen LogP contribution in [0.15, 0.2) is 18.2 Å². The van der Waals surface area contributed by atoms with Gasteiger partial charge < -0.3 is 10.2 Å². The van der Waals surface area contributed by atoms with Gasteiger partial charge in [0.2, 0.25) is 0 Å². The average Bonchev–Trinajstić information content (AvgIpc) is 3.22. The van der Waals surface area contributed by atoms with Crippen molar-refractivity contribution in [2.24, 2.45) is 5.92 Å². The fourth-order valence-electron chi connectivity index (χ4n) is 2.31. The molecule has 0 amide bonds. The van der Waals surface area contributed by atoms with Crippen molar-refractivity contribution >= 4 is 5.69 Å². The normalized spacial score (nSPS) is 14.2. The Kier molecular flexibility index (Phi) is 4.81. The Morgan fingerprint density at radius 3 is 2.84 bits per heavy atom. The zero-order valence-electron chi connectivity index (χ0n) is 11.9. The number of hydrogen-bond acceptors (Lipinski definition) is 3. The molecule has 1 aromatic rings. The predicted octanol–water partition coefficient (Wildman–Crippen LogP) is 2.90. The van der Waals surface area contributed by atoms with E-state index in [2.05, 4.69) is 42.4 Å². The first-order chi connectivity index (χ1) is 9.24. The van der Waals surface area contributed by atoms with Crippen LogP contribution in [0.2, 0.25) is 0 Å². The Labute approximate surface area is 116 Å². The number of nitrogens with one attached hydrogen (secondary N) is 1. The standard InChI is InChI=1S/C16H23N3/c1-3-8-18-11-14-6-7-16(15(9-14)10-17)19(2)12-13-4-5-13/h6-7,9,13,18H,3-5,8,11-12H2,1-2H3. The quantitative estimate of drug-likeness (QED) is 0.763. The van der Waals surface area contributed by atoms with Crippen LogP contribution in [-0.2, 0) is 6.54 Å². The molecule has 3 heteroatoms. The summed E-state index contributed by atoms with van der Waals surface area (Å²) in [4.78, 5) is 2.22. The first-order valence-corrected chi connectivity index (χ1v) is 7.19. The topological polar surface area (TPSA) is 39.1 Å². The summed E-state index contributed by atoms with van der Waals surface area (Å²) in [6.07, 6.45) is 3.81. The van der Waals surface area contributed by atoms with Crippen LogP contribution in [0, 0.1) is 17.2 Å². The minimum absolute atomic E-state index is 0.791. The molecule has 1 aliphatic carbocycles. The van der Waals surface area contributed by atoms with E-state index in [0.717, 1.165) is 43.2 Å². The lowest BCUT2D eigenvalue weighted by Crippen LogP contribution is -2.21. The van der Waals surface area contributed by atoms with Gasteiger partial charge in [0.1, 0.15) is 6.07 Å². The van der Waals surface area contributed by atoms with Crippen LogP contribution in [0.3, 0.4) is 0 Å².